The SMILES string of the molecule is c1ccc(N(CCC2CCCCN2)C2CCc3ccccc3C2)cc1. The molecule has 25 heavy (non-hydrogen) atoms. The van der Waals surface area contributed by atoms with Crippen molar-refractivity contribution in [3.8, 4) is 0 Å². The van der Waals surface area contributed by atoms with E-state index >= 15 is 0 Å². The second-order valence-electron chi connectivity index (χ2n) is 7.63. The summed E-state index contributed by atoms with van der Waals surface area (Å²) in [7, 11) is 0. The molecule has 2 aromatic carbocycles. The highest BCUT2D eigenvalue weighted by atomic mass is 15.2. The number of rotatable bonds is 5. The van der Waals surface area contributed by atoms with E-state index in [0.717, 1.165) is 6.54 Å². The lowest BCUT2D eigenvalue weighted by Gasteiger charge is -2.38. The molecule has 0 aromatic heterocycles. The molecule has 1 saturated heterocycles. The molecule has 2 atom stereocenters. The van der Waals surface area contributed by atoms with E-state index in [1.54, 1.807) is 11.1 Å². The second-order valence-corrected chi connectivity index (χ2v) is 7.63. The molecular formula is C23H30N2. The van der Waals surface area contributed by atoms with Crippen LogP contribution in [0.4, 0.5) is 5.69 Å². The van der Waals surface area contributed by atoms with Gasteiger partial charge in [0.05, 0.1) is 0 Å². The van der Waals surface area contributed by atoms with Crippen LogP contribution in [0.25, 0.3) is 0 Å². The van der Waals surface area contributed by atoms with Gasteiger partial charge in [-0.2, -0.15) is 0 Å². The molecule has 2 nitrogen and oxygen atoms in total. The normalized spacial score (nSPS) is 23.0. The Morgan fingerprint density at radius 1 is 0.880 bits per heavy atom. The number of hydrogen-bond donors (Lipinski definition) is 1. The minimum atomic E-state index is 0.626. The van der Waals surface area contributed by atoms with Crippen molar-refractivity contribution in [2.24, 2.45) is 0 Å². The first kappa shape index (κ1) is 16.7. The number of para-hydroxylation sites is 1. The lowest BCUT2D eigenvalue weighted by atomic mass is 9.87. The van der Waals surface area contributed by atoms with Crippen LogP contribution in [0.15, 0.2) is 54.6 Å². The van der Waals surface area contributed by atoms with Gasteiger partial charge in [-0.1, -0.05) is 48.9 Å². The highest BCUT2D eigenvalue weighted by Crippen LogP contribution is 2.28. The van der Waals surface area contributed by atoms with Crippen LogP contribution in [0.3, 0.4) is 0 Å². The highest BCUT2D eigenvalue weighted by molar-refractivity contribution is 5.48. The van der Waals surface area contributed by atoms with E-state index in [4.69, 9.17) is 0 Å². The largest absolute Gasteiger partial charge is 0.368 e. The molecule has 0 saturated carbocycles. The van der Waals surface area contributed by atoms with Gasteiger partial charge in [-0.05, 0) is 68.3 Å². The van der Waals surface area contributed by atoms with Gasteiger partial charge in [0.2, 0.25) is 0 Å². The molecule has 1 aliphatic heterocycles. The summed E-state index contributed by atoms with van der Waals surface area (Å²) in [5, 5.41) is 3.72. The van der Waals surface area contributed by atoms with Crippen LogP contribution < -0.4 is 10.2 Å². The van der Waals surface area contributed by atoms with Gasteiger partial charge in [-0.3, -0.25) is 0 Å². The molecule has 2 unspecified atom stereocenters. The molecule has 0 bridgehead atoms. The summed E-state index contributed by atoms with van der Waals surface area (Å²) in [4.78, 5) is 2.69. The summed E-state index contributed by atoms with van der Waals surface area (Å²) >= 11 is 0. The first-order valence-corrected chi connectivity index (χ1v) is 10.0. The minimum absolute atomic E-state index is 0.626. The van der Waals surface area contributed by atoms with Gasteiger partial charge in [-0.25, -0.2) is 0 Å². The van der Waals surface area contributed by atoms with Gasteiger partial charge in [0.15, 0.2) is 0 Å². The smallest absolute Gasteiger partial charge is 0.0368 e. The average Bonchev–Trinajstić information content (AvgIpc) is 2.70. The molecular weight excluding hydrogens is 304 g/mol. The first-order valence-electron chi connectivity index (χ1n) is 10.0. The Morgan fingerprint density at radius 3 is 2.48 bits per heavy atom. The van der Waals surface area contributed by atoms with Crippen LogP contribution in [0.2, 0.25) is 0 Å². The molecule has 1 fully saturated rings. The highest BCUT2D eigenvalue weighted by Gasteiger charge is 2.25. The van der Waals surface area contributed by atoms with Crippen molar-refractivity contribution in [1.82, 2.24) is 5.32 Å². The molecule has 0 amide bonds. The van der Waals surface area contributed by atoms with Gasteiger partial charge in [0.1, 0.15) is 0 Å². The Labute approximate surface area is 152 Å². The fraction of sp³-hybridized carbons (Fsp3) is 0.478. The maximum atomic E-state index is 3.72. The summed E-state index contributed by atoms with van der Waals surface area (Å²) in [5.74, 6) is 0. The summed E-state index contributed by atoms with van der Waals surface area (Å²) < 4.78 is 0. The number of nitrogens with one attached hydrogen (secondary N) is 1. The van der Waals surface area contributed by atoms with Gasteiger partial charge < -0.3 is 10.2 Å². The number of nitrogens with zero attached hydrogens (tertiary/aromatic N) is 1. The standard InChI is InChI=1S/C23H30N2/c1-2-11-22(12-3-1)25(17-15-21-10-6-7-16-24-21)23-14-13-19-8-4-5-9-20(19)18-23/h1-5,8-9,11-12,21,23-24H,6-7,10,13-18H2. The van der Waals surface area contributed by atoms with Crippen molar-refractivity contribution in [3.05, 3.63) is 65.7 Å². The molecule has 0 spiro atoms. The number of hydrogen-bond acceptors (Lipinski definition) is 2. The minimum Gasteiger partial charge on any atom is -0.368 e. The summed E-state index contributed by atoms with van der Waals surface area (Å²) in [6.45, 7) is 2.36. The van der Waals surface area contributed by atoms with Crippen molar-refractivity contribution in [2.45, 2.75) is 57.0 Å². The van der Waals surface area contributed by atoms with E-state index in [-0.39, 0.29) is 0 Å². The van der Waals surface area contributed by atoms with Gasteiger partial charge in [0.25, 0.3) is 0 Å². The predicted molar refractivity (Wildman–Crippen MR) is 106 cm³/mol. The summed E-state index contributed by atoms with van der Waals surface area (Å²) in [5.41, 5.74) is 4.50. The topological polar surface area (TPSA) is 15.3 Å². The van der Waals surface area contributed by atoms with Crippen molar-refractivity contribution in [2.75, 3.05) is 18.0 Å². The van der Waals surface area contributed by atoms with Crippen LogP contribution in [0, 0.1) is 0 Å². The lowest BCUT2D eigenvalue weighted by Crippen LogP contribution is -2.43. The van der Waals surface area contributed by atoms with Crippen LogP contribution in [0.5, 0.6) is 0 Å². The molecule has 1 heterocycles. The Kier molecular flexibility index (Phi) is 5.37. The molecule has 2 heteroatoms. The zero-order valence-corrected chi connectivity index (χ0v) is 15.2. The maximum Gasteiger partial charge on any atom is 0.0368 e. The number of fused-ring (bicyclic) bond motifs is 1. The third-order valence-corrected chi connectivity index (χ3v) is 5.98. The van der Waals surface area contributed by atoms with Crippen LogP contribution in [-0.4, -0.2) is 25.2 Å². The molecule has 132 valence electrons. The van der Waals surface area contributed by atoms with Gasteiger partial charge in [-0.15, -0.1) is 0 Å². The lowest BCUT2D eigenvalue weighted by molar-refractivity contribution is 0.376. The number of piperidine rings is 1. The Hall–Kier alpha value is -1.80. The van der Waals surface area contributed by atoms with Crippen molar-refractivity contribution >= 4 is 5.69 Å². The van der Waals surface area contributed by atoms with Crippen molar-refractivity contribution in [3.63, 3.8) is 0 Å². The zero-order chi connectivity index (χ0) is 16.9. The van der Waals surface area contributed by atoms with E-state index < -0.39 is 0 Å². The van der Waals surface area contributed by atoms with Crippen molar-refractivity contribution in [1.29, 1.82) is 0 Å². The Bertz CT molecular complexity index is 661. The molecule has 2 aromatic rings. The number of anilines is 1. The van der Waals surface area contributed by atoms with E-state index in [2.05, 4.69) is 64.8 Å². The van der Waals surface area contributed by atoms with E-state index in [1.165, 1.54) is 57.2 Å². The number of aryl methyl sites for hydroxylation is 1. The van der Waals surface area contributed by atoms with Crippen LogP contribution in [-0.2, 0) is 12.8 Å². The van der Waals surface area contributed by atoms with E-state index in [1.807, 2.05) is 0 Å². The average molecular weight is 335 g/mol. The van der Waals surface area contributed by atoms with Crippen molar-refractivity contribution < 1.29 is 0 Å². The number of benzene rings is 2. The Morgan fingerprint density at radius 2 is 1.68 bits per heavy atom. The third kappa shape index (κ3) is 4.07. The quantitative estimate of drug-likeness (QED) is 0.861. The van der Waals surface area contributed by atoms with E-state index in [9.17, 15) is 0 Å². The predicted octanol–water partition coefficient (Wildman–Crippen LogP) is 4.58. The molecule has 2 aliphatic rings. The second kappa shape index (κ2) is 8.05. The fourth-order valence-electron chi connectivity index (χ4n) is 4.55. The molecule has 1 N–H and O–H groups in total. The third-order valence-electron chi connectivity index (χ3n) is 5.98. The monoisotopic (exact) mass is 334 g/mol. The van der Waals surface area contributed by atoms with Crippen LogP contribution >= 0.6 is 0 Å². The van der Waals surface area contributed by atoms with Gasteiger partial charge >= 0.3 is 0 Å². The summed E-state index contributed by atoms with van der Waals surface area (Å²) in [6.07, 6.45) is 9.00. The van der Waals surface area contributed by atoms with E-state index in [0.29, 0.717) is 12.1 Å². The molecule has 1 aliphatic carbocycles. The zero-order valence-electron chi connectivity index (χ0n) is 15.2. The first-order chi connectivity index (χ1) is 12.4. The molecule has 0 radical (unpaired) electrons. The fourth-order valence-corrected chi connectivity index (χ4v) is 4.55. The Balaban J connectivity index is 1.49. The molecule has 4 rings (SSSR count). The van der Waals surface area contributed by atoms with Crippen LogP contribution in [0.1, 0.15) is 43.2 Å². The summed E-state index contributed by atoms with van der Waals surface area (Å²) in [6, 6.07) is 21.4. The maximum absolute atomic E-state index is 3.72. The van der Waals surface area contributed by atoms with Gasteiger partial charge in [0, 0.05) is 24.3 Å².